The van der Waals surface area contributed by atoms with Crippen molar-refractivity contribution >= 4 is 23.6 Å². The maximum absolute atomic E-state index is 12.1. The van der Waals surface area contributed by atoms with Gasteiger partial charge in [0.2, 0.25) is 5.91 Å². The van der Waals surface area contributed by atoms with Gasteiger partial charge in [0.15, 0.2) is 0 Å². The molecule has 1 aliphatic rings. The fraction of sp³-hybridized carbons (Fsp3) is 0.286. The van der Waals surface area contributed by atoms with Gasteiger partial charge in [-0.3, -0.25) is 4.79 Å². The van der Waals surface area contributed by atoms with Crippen LogP contribution in [0.15, 0.2) is 48.5 Å². The smallest absolute Gasteiger partial charge is 0.335 e. The first-order valence-electron chi connectivity index (χ1n) is 9.20. The number of carboxylic acids is 1. The molecule has 7 nitrogen and oxygen atoms in total. The van der Waals surface area contributed by atoms with Crippen molar-refractivity contribution in [1.82, 2.24) is 10.6 Å². The lowest BCUT2D eigenvalue weighted by atomic mass is 10.1. The number of hydrogen-bond donors (Lipinski definition) is 4. The minimum atomic E-state index is -0.982. The molecule has 0 radical (unpaired) electrons. The van der Waals surface area contributed by atoms with E-state index in [1.807, 2.05) is 31.2 Å². The SMILES string of the molecule is CC(NC(=O)NCc1ccc(C(=O)O)cc1)c1ccc(NC(=O)C2CC2)cc1. The second kappa shape index (κ2) is 8.56. The van der Waals surface area contributed by atoms with Crippen LogP contribution in [0.4, 0.5) is 10.5 Å². The molecular formula is C21H23N3O4. The Morgan fingerprint density at radius 1 is 1.04 bits per heavy atom. The molecule has 7 heteroatoms. The summed E-state index contributed by atoms with van der Waals surface area (Å²) in [5.41, 5.74) is 2.69. The summed E-state index contributed by atoms with van der Waals surface area (Å²) in [4.78, 5) is 34.7. The molecule has 2 aromatic rings. The van der Waals surface area contributed by atoms with Crippen LogP contribution >= 0.6 is 0 Å². The van der Waals surface area contributed by atoms with E-state index in [1.165, 1.54) is 12.1 Å². The molecule has 0 aliphatic heterocycles. The topological polar surface area (TPSA) is 108 Å². The van der Waals surface area contributed by atoms with Crippen LogP contribution in [0.2, 0.25) is 0 Å². The van der Waals surface area contributed by atoms with Gasteiger partial charge in [-0.05, 0) is 55.2 Å². The normalized spacial score (nSPS) is 14.0. The molecule has 1 fully saturated rings. The van der Waals surface area contributed by atoms with Gasteiger partial charge in [0.1, 0.15) is 0 Å². The monoisotopic (exact) mass is 381 g/mol. The number of carbonyl (C=O) groups excluding carboxylic acids is 2. The lowest BCUT2D eigenvalue weighted by molar-refractivity contribution is -0.117. The summed E-state index contributed by atoms with van der Waals surface area (Å²) in [6, 6.07) is 13.2. The van der Waals surface area contributed by atoms with Crippen LogP contribution in [0, 0.1) is 5.92 Å². The van der Waals surface area contributed by atoms with Crippen molar-refractivity contribution in [2.24, 2.45) is 5.92 Å². The highest BCUT2D eigenvalue weighted by molar-refractivity contribution is 5.94. The van der Waals surface area contributed by atoms with Crippen molar-refractivity contribution in [3.05, 3.63) is 65.2 Å². The molecule has 0 saturated heterocycles. The summed E-state index contributed by atoms with van der Waals surface area (Å²) in [5.74, 6) is -0.761. The van der Waals surface area contributed by atoms with E-state index in [0.29, 0.717) is 6.54 Å². The molecule has 0 bridgehead atoms. The van der Waals surface area contributed by atoms with E-state index in [0.717, 1.165) is 29.7 Å². The Morgan fingerprint density at radius 3 is 2.25 bits per heavy atom. The standard InChI is InChI=1S/C21H23N3O4/c1-13(15-8-10-18(11-9-15)24-19(25)16-6-7-16)23-21(28)22-12-14-2-4-17(5-3-14)20(26)27/h2-5,8-11,13,16H,6-7,12H2,1H3,(H,24,25)(H,26,27)(H2,22,23,28). The first-order valence-corrected chi connectivity index (χ1v) is 9.20. The number of aromatic carboxylic acids is 1. The van der Waals surface area contributed by atoms with Gasteiger partial charge in [0.25, 0.3) is 0 Å². The van der Waals surface area contributed by atoms with Crippen molar-refractivity contribution < 1.29 is 19.5 Å². The average molecular weight is 381 g/mol. The van der Waals surface area contributed by atoms with E-state index in [2.05, 4.69) is 16.0 Å². The third kappa shape index (κ3) is 5.33. The molecule has 0 spiro atoms. The van der Waals surface area contributed by atoms with Crippen LogP contribution in [0.5, 0.6) is 0 Å². The zero-order valence-electron chi connectivity index (χ0n) is 15.6. The maximum Gasteiger partial charge on any atom is 0.335 e. The quantitative estimate of drug-likeness (QED) is 0.590. The fourth-order valence-corrected chi connectivity index (χ4v) is 2.72. The molecular weight excluding hydrogens is 358 g/mol. The second-order valence-electron chi connectivity index (χ2n) is 6.94. The Bertz CT molecular complexity index is 858. The van der Waals surface area contributed by atoms with Crippen molar-refractivity contribution in [3.63, 3.8) is 0 Å². The van der Waals surface area contributed by atoms with Gasteiger partial charge in [-0.1, -0.05) is 24.3 Å². The average Bonchev–Trinajstić information content (AvgIpc) is 3.52. The second-order valence-corrected chi connectivity index (χ2v) is 6.94. The first kappa shape index (κ1) is 19.4. The lowest BCUT2D eigenvalue weighted by Gasteiger charge is -2.16. The highest BCUT2D eigenvalue weighted by Gasteiger charge is 2.29. The van der Waals surface area contributed by atoms with E-state index < -0.39 is 5.97 Å². The van der Waals surface area contributed by atoms with Gasteiger partial charge in [-0.25, -0.2) is 9.59 Å². The van der Waals surface area contributed by atoms with Crippen molar-refractivity contribution in [3.8, 4) is 0 Å². The molecule has 0 aromatic heterocycles. The van der Waals surface area contributed by atoms with E-state index in [4.69, 9.17) is 5.11 Å². The summed E-state index contributed by atoms with van der Waals surface area (Å²) in [7, 11) is 0. The van der Waals surface area contributed by atoms with Crippen LogP contribution in [0.3, 0.4) is 0 Å². The maximum atomic E-state index is 12.1. The summed E-state index contributed by atoms with van der Waals surface area (Å²) in [6.45, 7) is 2.17. The van der Waals surface area contributed by atoms with E-state index in [9.17, 15) is 14.4 Å². The van der Waals surface area contributed by atoms with Gasteiger partial charge in [-0.2, -0.15) is 0 Å². The number of carbonyl (C=O) groups is 3. The van der Waals surface area contributed by atoms with E-state index >= 15 is 0 Å². The molecule has 1 saturated carbocycles. The van der Waals surface area contributed by atoms with Crippen LogP contribution < -0.4 is 16.0 Å². The van der Waals surface area contributed by atoms with E-state index in [1.54, 1.807) is 12.1 Å². The predicted octanol–water partition coefficient (Wildman–Crippen LogP) is 3.29. The minimum Gasteiger partial charge on any atom is -0.478 e. The lowest BCUT2D eigenvalue weighted by Crippen LogP contribution is -2.36. The summed E-state index contributed by atoms with van der Waals surface area (Å²) < 4.78 is 0. The molecule has 28 heavy (non-hydrogen) atoms. The van der Waals surface area contributed by atoms with Crippen molar-refractivity contribution in [2.75, 3.05) is 5.32 Å². The van der Waals surface area contributed by atoms with Crippen LogP contribution in [0.25, 0.3) is 0 Å². The molecule has 3 amide bonds. The molecule has 0 heterocycles. The number of carboxylic acid groups (broad SMARTS) is 1. The summed E-state index contributed by atoms with van der Waals surface area (Å²) in [5, 5.41) is 17.4. The Morgan fingerprint density at radius 2 is 1.68 bits per heavy atom. The largest absolute Gasteiger partial charge is 0.478 e. The molecule has 4 N–H and O–H groups in total. The Hall–Kier alpha value is -3.35. The van der Waals surface area contributed by atoms with Crippen LogP contribution in [-0.2, 0) is 11.3 Å². The van der Waals surface area contributed by atoms with Crippen molar-refractivity contribution in [1.29, 1.82) is 0 Å². The molecule has 1 atom stereocenters. The molecule has 1 unspecified atom stereocenters. The van der Waals surface area contributed by atoms with Gasteiger partial charge >= 0.3 is 12.0 Å². The van der Waals surface area contributed by atoms with E-state index in [-0.39, 0.29) is 29.5 Å². The Balaban J connectivity index is 1.46. The van der Waals surface area contributed by atoms with Gasteiger partial charge in [0, 0.05) is 18.2 Å². The number of rotatable bonds is 7. The zero-order chi connectivity index (χ0) is 20.1. The fourth-order valence-electron chi connectivity index (χ4n) is 2.72. The molecule has 2 aromatic carbocycles. The number of anilines is 1. The Kier molecular flexibility index (Phi) is 5.93. The highest BCUT2D eigenvalue weighted by atomic mass is 16.4. The highest BCUT2D eigenvalue weighted by Crippen LogP contribution is 2.30. The third-order valence-electron chi connectivity index (χ3n) is 4.63. The number of nitrogens with one attached hydrogen (secondary N) is 3. The summed E-state index contributed by atoms with van der Waals surface area (Å²) >= 11 is 0. The summed E-state index contributed by atoms with van der Waals surface area (Å²) in [6.07, 6.45) is 1.92. The minimum absolute atomic E-state index is 0.0645. The van der Waals surface area contributed by atoms with Gasteiger partial charge in [0.05, 0.1) is 11.6 Å². The molecule has 1 aliphatic carbocycles. The predicted molar refractivity (Wildman–Crippen MR) is 105 cm³/mol. The third-order valence-corrected chi connectivity index (χ3v) is 4.63. The first-order chi connectivity index (χ1) is 13.4. The number of urea groups is 1. The number of benzene rings is 2. The van der Waals surface area contributed by atoms with Crippen molar-refractivity contribution in [2.45, 2.75) is 32.4 Å². The zero-order valence-corrected chi connectivity index (χ0v) is 15.6. The number of amides is 3. The van der Waals surface area contributed by atoms with Gasteiger partial charge < -0.3 is 21.1 Å². The Labute approximate surface area is 163 Å². The van der Waals surface area contributed by atoms with Crippen LogP contribution in [0.1, 0.15) is 47.3 Å². The van der Waals surface area contributed by atoms with Gasteiger partial charge in [-0.15, -0.1) is 0 Å². The van der Waals surface area contributed by atoms with Crippen LogP contribution in [-0.4, -0.2) is 23.0 Å². The number of hydrogen-bond acceptors (Lipinski definition) is 3. The molecule has 146 valence electrons. The molecule has 3 rings (SSSR count).